The zero-order valence-electron chi connectivity index (χ0n) is 18.0. The molecule has 3 rings (SSSR count). The molecule has 0 bridgehead atoms. The van der Waals surface area contributed by atoms with E-state index in [1.807, 2.05) is 49.4 Å². The lowest BCUT2D eigenvalue weighted by Gasteiger charge is -2.11. The van der Waals surface area contributed by atoms with Gasteiger partial charge < -0.3 is 25.4 Å². The Kier molecular flexibility index (Phi) is 8.65. The minimum absolute atomic E-state index is 0.0749. The highest BCUT2D eigenvalue weighted by molar-refractivity contribution is 6.04. The summed E-state index contributed by atoms with van der Waals surface area (Å²) in [6.45, 7) is 3.62. The van der Waals surface area contributed by atoms with Crippen molar-refractivity contribution < 1.29 is 19.1 Å². The van der Waals surface area contributed by atoms with Gasteiger partial charge in [-0.1, -0.05) is 30.3 Å². The number of benzene rings is 3. The highest BCUT2D eigenvalue weighted by atomic mass is 16.5. The van der Waals surface area contributed by atoms with Crippen LogP contribution in [-0.2, 0) is 9.53 Å². The van der Waals surface area contributed by atoms with Gasteiger partial charge in [-0.05, 0) is 49.4 Å². The van der Waals surface area contributed by atoms with Crippen LogP contribution in [0.3, 0.4) is 0 Å². The van der Waals surface area contributed by atoms with Crippen LogP contribution in [0.4, 0.5) is 17.1 Å². The van der Waals surface area contributed by atoms with E-state index >= 15 is 0 Å². The van der Waals surface area contributed by atoms with Crippen LogP contribution in [0.25, 0.3) is 0 Å². The molecule has 3 aromatic carbocycles. The van der Waals surface area contributed by atoms with Gasteiger partial charge in [0.1, 0.15) is 12.4 Å². The number of ether oxygens (including phenoxy) is 2. The molecule has 0 aromatic heterocycles. The largest absolute Gasteiger partial charge is 0.491 e. The minimum Gasteiger partial charge on any atom is -0.491 e. The average Bonchev–Trinajstić information content (AvgIpc) is 2.82. The van der Waals surface area contributed by atoms with Crippen molar-refractivity contribution in [2.75, 3.05) is 42.3 Å². The van der Waals surface area contributed by atoms with Crippen LogP contribution in [0.2, 0.25) is 0 Å². The molecule has 166 valence electrons. The van der Waals surface area contributed by atoms with E-state index in [4.69, 9.17) is 9.47 Å². The smallest absolute Gasteiger partial charge is 0.255 e. The molecule has 0 aliphatic heterocycles. The molecule has 0 unspecified atom stereocenters. The Labute approximate surface area is 187 Å². The van der Waals surface area contributed by atoms with Crippen molar-refractivity contribution in [2.45, 2.75) is 6.92 Å². The summed E-state index contributed by atoms with van der Waals surface area (Å²) in [6, 6.07) is 23.4. The molecule has 0 saturated carbocycles. The maximum absolute atomic E-state index is 12.3. The highest BCUT2D eigenvalue weighted by Crippen LogP contribution is 2.18. The van der Waals surface area contributed by atoms with E-state index in [9.17, 15) is 9.59 Å². The first-order valence-electron chi connectivity index (χ1n) is 10.4. The molecule has 7 nitrogen and oxygen atoms in total. The number of nitrogens with one attached hydrogen (secondary N) is 3. The summed E-state index contributed by atoms with van der Waals surface area (Å²) in [5.74, 6) is 0.274. The lowest BCUT2D eigenvalue weighted by atomic mass is 10.2. The van der Waals surface area contributed by atoms with Crippen LogP contribution < -0.4 is 20.7 Å². The molecule has 0 saturated heterocycles. The van der Waals surface area contributed by atoms with E-state index in [-0.39, 0.29) is 18.4 Å². The van der Waals surface area contributed by atoms with Gasteiger partial charge in [-0.2, -0.15) is 0 Å². The van der Waals surface area contributed by atoms with E-state index in [1.165, 1.54) is 0 Å². The van der Waals surface area contributed by atoms with Crippen molar-refractivity contribution in [2.24, 2.45) is 0 Å². The Bertz CT molecular complexity index is 1020. The van der Waals surface area contributed by atoms with Gasteiger partial charge in [-0.3, -0.25) is 9.59 Å². The zero-order chi connectivity index (χ0) is 22.6. The van der Waals surface area contributed by atoms with Gasteiger partial charge >= 0.3 is 0 Å². The topological polar surface area (TPSA) is 88.7 Å². The first-order chi connectivity index (χ1) is 15.6. The molecule has 3 aromatic rings. The molecule has 0 radical (unpaired) electrons. The van der Waals surface area contributed by atoms with Crippen molar-refractivity contribution in [1.29, 1.82) is 0 Å². The summed E-state index contributed by atoms with van der Waals surface area (Å²) in [5.41, 5.74) is 2.59. The zero-order valence-corrected chi connectivity index (χ0v) is 18.0. The minimum atomic E-state index is -0.199. The standard InChI is InChI=1S/C25H27N3O4/c1-2-31-14-15-32-23-13-7-12-22(17-23)27-24(29)18-26-20-10-6-11-21(16-20)28-25(30)19-8-4-3-5-9-19/h3-13,16-17,26H,2,14-15,18H2,1H3,(H,27,29)(H,28,30). The fourth-order valence-electron chi connectivity index (χ4n) is 2.91. The highest BCUT2D eigenvalue weighted by Gasteiger charge is 2.07. The number of carbonyl (C=O) groups excluding carboxylic acids is 2. The van der Waals surface area contributed by atoms with Crippen LogP contribution in [0.5, 0.6) is 5.75 Å². The fraction of sp³-hybridized carbons (Fsp3) is 0.200. The van der Waals surface area contributed by atoms with Crippen LogP contribution >= 0.6 is 0 Å². The van der Waals surface area contributed by atoms with Crippen LogP contribution in [0, 0.1) is 0 Å². The predicted octanol–water partition coefficient (Wildman–Crippen LogP) is 4.40. The molecular formula is C25H27N3O4. The fourth-order valence-corrected chi connectivity index (χ4v) is 2.91. The molecule has 0 aliphatic rings. The Morgan fingerprint density at radius 1 is 0.781 bits per heavy atom. The summed E-state index contributed by atoms with van der Waals surface area (Å²) in [7, 11) is 0. The Morgan fingerprint density at radius 2 is 1.50 bits per heavy atom. The van der Waals surface area contributed by atoms with Crippen LogP contribution in [0.15, 0.2) is 78.9 Å². The molecule has 0 heterocycles. The molecule has 0 spiro atoms. The predicted molar refractivity (Wildman–Crippen MR) is 126 cm³/mol. The van der Waals surface area contributed by atoms with Crippen molar-refractivity contribution in [1.82, 2.24) is 0 Å². The van der Waals surface area contributed by atoms with Gasteiger partial charge in [0, 0.05) is 35.3 Å². The number of anilines is 3. The summed E-state index contributed by atoms with van der Waals surface area (Å²) >= 11 is 0. The monoisotopic (exact) mass is 433 g/mol. The van der Waals surface area contributed by atoms with E-state index in [1.54, 1.807) is 36.4 Å². The molecule has 7 heteroatoms. The molecule has 0 aliphatic carbocycles. The summed E-state index contributed by atoms with van der Waals surface area (Å²) < 4.78 is 10.9. The molecule has 0 atom stereocenters. The van der Waals surface area contributed by atoms with E-state index in [0.717, 1.165) is 5.69 Å². The Hall–Kier alpha value is -3.84. The molecule has 0 fully saturated rings. The maximum Gasteiger partial charge on any atom is 0.255 e. The molecule has 3 N–H and O–H groups in total. The van der Waals surface area contributed by atoms with Crippen molar-refractivity contribution in [3.05, 3.63) is 84.4 Å². The number of rotatable bonds is 11. The number of hydrogen-bond donors (Lipinski definition) is 3. The van der Waals surface area contributed by atoms with Crippen molar-refractivity contribution in [3.8, 4) is 5.75 Å². The summed E-state index contributed by atoms with van der Waals surface area (Å²) in [5, 5.41) is 8.76. The van der Waals surface area contributed by atoms with Crippen LogP contribution in [-0.4, -0.2) is 38.2 Å². The first-order valence-corrected chi connectivity index (χ1v) is 10.4. The van der Waals surface area contributed by atoms with Crippen molar-refractivity contribution >= 4 is 28.9 Å². The first kappa shape index (κ1) is 22.8. The van der Waals surface area contributed by atoms with E-state index < -0.39 is 0 Å². The quantitative estimate of drug-likeness (QED) is 0.390. The summed E-state index contributed by atoms with van der Waals surface area (Å²) in [4.78, 5) is 24.6. The summed E-state index contributed by atoms with van der Waals surface area (Å²) in [6.07, 6.45) is 0. The van der Waals surface area contributed by atoms with Gasteiger partial charge in [0.2, 0.25) is 5.91 Å². The van der Waals surface area contributed by atoms with Gasteiger partial charge in [0.05, 0.1) is 13.2 Å². The molecule has 2 amide bonds. The van der Waals surface area contributed by atoms with Gasteiger partial charge in [-0.15, -0.1) is 0 Å². The number of carbonyl (C=O) groups is 2. The average molecular weight is 434 g/mol. The normalized spacial score (nSPS) is 10.3. The maximum atomic E-state index is 12.3. The third-order valence-electron chi connectivity index (χ3n) is 4.43. The lowest BCUT2D eigenvalue weighted by Crippen LogP contribution is -2.21. The van der Waals surface area contributed by atoms with Crippen LogP contribution in [0.1, 0.15) is 17.3 Å². The van der Waals surface area contributed by atoms with E-state index in [0.29, 0.717) is 42.5 Å². The second kappa shape index (κ2) is 12.1. The van der Waals surface area contributed by atoms with Gasteiger partial charge in [-0.25, -0.2) is 0 Å². The van der Waals surface area contributed by atoms with Crippen molar-refractivity contribution in [3.63, 3.8) is 0 Å². The number of amides is 2. The molecular weight excluding hydrogens is 406 g/mol. The molecule has 32 heavy (non-hydrogen) atoms. The lowest BCUT2D eigenvalue weighted by molar-refractivity contribution is -0.114. The van der Waals surface area contributed by atoms with E-state index in [2.05, 4.69) is 16.0 Å². The third kappa shape index (κ3) is 7.45. The number of hydrogen-bond acceptors (Lipinski definition) is 5. The Balaban J connectivity index is 1.49. The SMILES string of the molecule is CCOCCOc1cccc(NC(=O)CNc2cccc(NC(=O)c3ccccc3)c2)c1. The van der Waals surface area contributed by atoms with Gasteiger partial charge in [0.15, 0.2) is 0 Å². The second-order valence-electron chi connectivity index (χ2n) is 6.88. The second-order valence-corrected chi connectivity index (χ2v) is 6.88. The Morgan fingerprint density at radius 3 is 2.28 bits per heavy atom. The van der Waals surface area contributed by atoms with Gasteiger partial charge in [0.25, 0.3) is 5.91 Å². The third-order valence-corrected chi connectivity index (χ3v) is 4.43.